The van der Waals surface area contributed by atoms with E-state index < -0.39 is 0 Å². The lowest BCUT2D eigenvalue weighted by Gasteiger charge is -2.28. The van der Waals surface area contributed by atoms with E-state index in [0.717, 1.165) is 22.5 Å². The van der Waals surface area contributed by atoms with Gasteiger partial charge in [0.25, 0.3) is 0 Å². The molecule has 1 heterocycles. The van der Waals surface area contributed by atoms with Crippen molar-refractivity contribution in [3.05, 3.63) is 47.5 Å². The first kappa shape index (κ1) is 24.6. The van der Waals surface area contributed by atoms with Crippen molar-refractivity contribution >= 4 is 28.6 Å². The number of nitrogens with zero attached hydrogens (tertiary/aromatic N) is 1. The number of benzene rings is 2. The monoisotopic (exact) mass is 451 g/mol. The molecular formula is C27H37N3O3. The second-order valence-corrected chi connectivity index (χ2v) is 9.80. The van der Waals surface area contributed by atoms with Crippen LogP contribution in [0.2, 0.25) is 0 Å². The highest BCUT2D eigenvalue weighted by Crippen LogP contribution is 2.34. The first-order chi connectivity index (χ1) is 15.7. The summed E-state index contributed by atoms with van der Waals surface area (Å²) in [5.41, 5.74) is 4.48. The molecule has 2 N–H and O–H groups in total. The molecule has 0 atom stereocenters. The van der Waals surface area contributed by atoms with Gasteiger partial charge in [0.15, 0.2) is 0 Å². The van der Waals surface area contributed by atoms with Crippen LogP contribution in [-0.2, 0) is 4.74 Å². The molecule has 3 aromatic rings. The summed E-state index contributed by atoms with van der Waals surface area (Å²) in [6, 6.07) is 11.3. The minimum atomic E-state index is -0.363. The molecule has 0 radical (unpaired) electrons. The summed E-state index contributed by atoms with van der Waals surface area (Å²) in [5, 5.41) is 3.22. The molecule has 6 heteroatoms. The number of nitrogens with one attached hydrogen (secondary N) is 2. The lowest BCUT2D eigenvalue weighted by Crippen LogP contribution is -2.14. The van der Waals surface area contributed by atoms with Gasteiger partial charge in [0.2, 0.25) is 5.95 Å². The first-order valence-corrected chi connectivity index (χ1v) is 11.8. The molecule has 33 heavy (non-hydrogen) atoms. The van der Waals surface area contributed by atoms with Crippen molar-refractivity contribution in [1.29, 1.82) is 0 Å². The van der Waals surface area contributed by atoms with E-state index in [1.54, 1.807) is 6.07 Å². The number of carbonyl (C=O) groups excluding carboxylic acids is 1. The Bertz CT molecular complexity index is 1060. The standard InChI is InChI=1S/C19H21N3O3.C8H16/c1-11(2)25-14-7-5-13(6-8-14)20-19-21-16-9-12(3)15(18(23)24-4)10-17(16)22-19;1-8(2)6-4-3-5-7-8/h5-11H,1-4H3,(H2,20,21,22);3-7H2,1-2H3. The van der Waals surface area contributed by atoms with Gasteiger partial charge in [-0.2, -0.15) is 0 Å². The molecule has 0 bridgehead atoms. The van der Waals surface area contributed by atoms with Crippen molar-refractivity contribution in [2.24, 2.45) is 5.41 Å². The number of methoxy groups -OCH3 is 1. The molecule has 1 aromatic heterocycles. The van der Waals surface area contributed by atoms with Gasteiger partial charge in [-0.1, -0.05) is 33.1 Å². The highest BCUT2D eigenvalue weighted by atomic mass is 16.5. The second-order valence-electron chi connectivity index (χ2n) is 9.80. The number of hydrogen-bond donors (Lipinski definition) is 2. The van der Waals surface area contributed by atoms with Gasteiger partial charge in [-0.25, -0.2) is 9.78 Å². The van der Waals surface area contributed by atoms with Crippen molar-refractivity contribution in [3.8, 4) is 5.75 Å². The maximum Gasteiger partial charge on any atom is 0.338 e. The van der Waals surface area contributed by atoms with Crippen molar-refractivity contribution in [1.82, 2.24) is 9.97 Å². The third-order valence-electron chi connectivity index (χ3n) is 5.93. The number of aromatic amines is 1. The Morgan fingerprint density at radius 2 is 1.76 bits per heavy atom. The predicted molar refractivity (Wildman–Crippen MR) is 135 cm³/mol. The normalized spacial score (nSPS) is 15.0. The molecule has 6 nitrogen and oxygen atoms in total. The summed E-state index contributed by atoms with van der Waals surface area (Å²) in [6.07, 6.45) is 7.45. The van der Waals surface area contributed by atoms with Crippen LogP contribution in [0.15, 0.2) is 36.4 Å². The maximum absolute atomic E-state index is 11.8. The molecule has 1 aliphatic rings. The van der Waals surface area contributed by atoms with E-state index >= 15 is 0 Å². The molecule has 178 valence electrons. The Labute approximate surface area is 197 Å². The number of aromatic nitrogens is 2. The topological polar surface area (TPSA) is 76.2 Å². The Kier molecular flexibility index (Phi) is 8.01. The molecule has 0 spiro atoms. The number of fused-ring (bicyclic) bond motifs is 1. The highest BCUT2D eigenvalue weighted by molar-refractivity contribution is 5.95. The Morgan fingerprint density at radius 3 is 2.30 bits per heavy atom. The first-order valence-electron chi connectivity index (χ1n) is 11.8. The van der Waals surface area contributed by atoms with E-state index in [-0.39, 0.29) is 12.1 Å². The van der Waals surface area contributed by atoms with Crippen LogP contribution in [0, 0.1) is 12.3 Å². The summed E-state index contributed by atoms with van der Waals surface area (Å²) >= 11 is 0. The summed E-state index contributed by atoms with van der Waals surface area (Å²) in [7, 11) is 1.37. The van der Waals surface area contributed by atoms with Gasteiger partial charge in [-0.15, -0.1) is 0 Å². The van der Waals surface area contributed by atoms with Crippen molar-refractivity contribution in [3.63, 3.8) is 0 Å². The number of carbonyl (C=O) groups is 1. The van der Waals surface area contributed by atoms with E-state index in [2.05, 4.69) is 29.1 Å². The molecule has 4 rings (SSSR count). The SMILES string of the molecule is CC1(C)CCCCC1.COC(=O)c1cc2nc(Nc3ccc(OC(C)C)cc3)[nH]c2cc1C. The van der Waals surface area contributed by atoms with E-state index in [1.807, 2.05) is 51.1 Å². The molecule has 1 fully saturated rings. The third kappa shape index (κ3) is 6.98. The number of imidazole rings is 1. The number of rotatable bonds is 5. The van der Waals surface area contributed by atoms with E-state index in [0.29, 0.717) is 22.4 Å². The zero-order chi connectivity index (χ0) is 24.0. The molecule has 2 aromatic carbocycles. The molecule has 1 aliphatic carbocycles. The fourth-order valence-corrected chi connectivity index (χ4v) is 4.09. The van der Waals surface area contributed by atoms with Gasteiger partial charge in [-0.05, 0) is 81.0 Å². The summed E-state index contributed by atoms with van der Waals surface area (Å²) in [6.45, 7) is 10.6. The smallest absolute Gasteiger partial charge is 0.338 e. The van der Waals surface area contributed by atoms with Crippen LogP contribution in [0.4, 0.5) is 11.6 Å². The minimum Gasteiger partial charge on any atom is -0.491 e. The average Bonchev–Trinajstić information content (AvgIpc) is 3.15. The molecule has 0 amide bonds. The van der Waals surface area contributed by atoms with Gasteiger partial charge in [-0.3, -0.25) is 0 Å². The van der Waals surface area contributed by atoms with Crippen molar-refractivity contribution in [2.75, 3.05) is 12.4 Å². The Hall–Kier alpha value is -3.02. The van der Waals surface area contributed by atoms with Crippen LogP contribution in [-0.4, -0.2) is 29.2 Å². The van der Waals surface area contributed by atoms with Crippen LogP contribution in [0.5, 0.6) is 5.75 Å². The van der Waals surface area contributed by atoms with E-state index in [1.165, 1.54) is 39.2 Å². The zero-order valence-electron chi connectivity index (χ0n) is 20.7. The Balaban J connectivity index is 0.000000323. The summed E-state index contributed by atoms with van der Waals surface area (Å²) in [4.78, 5) is 19.5. The fourth-order valence-electron chi connectivity index (χ4n) is 4.09. The Morgan fingerprint density at radius 1 is 1.09 bits per heavy atom. The van der Waals surface area contributed by atoms with Gasteiger partial charge >= 0.3 is 5.97 Å². The van der Waals surface area contributed by atoms with Gasteiger partial charge in [0.1, 0.15) is 5.75 Å². The molecular weight excluding hydrogens is 414 g/mol. The number of anilines is 2. The molecule has 0 aliphatic heterocycles. The number of H-pyrrole nitrogens is 1. The number of hydrogen-bond acceptors (Lipinski definition) is 5. The van der Waals surface area contributed by atoms with Gasteiger partial charge in [0.05, 0.1) is 29.8 Å². The predicted octanol–water partition coefficient (Wildman–Crippen LogP) is 7.17. The quantitative estimate of drug-likeness (QED) is 0.402. The van der Waals surface area contributed by atoms with E-state index in [4.69, 9.17) is 9.47 Å². The van der Waals surface area contributed by atoms with E-state index in [9.17, 15) is 4.79 Å². The van der Waals surface area contributed by atoms with Gasteiger partial charge < -0.3 is 19.8 Å². The zero-order valence-corrected chi connectivity index (χ0v) is 20.7. The van der Waals surface area contributed by atoms with Crippen molar-refractivity contribution in [2.45, 2.75) is 72.8 Å². The van der Waals surface area contributed by atoms with Crippen LogP contribution in [0.25, 0.3) is 11.0 Å². The summed E-state index contributed by atoms with van der Waals surface area (Å²) < 4.78 is 10.4. The third-order valence-corrected chi connectivity index (χ3v) is 5.93. The van der Waals surface area contributed by atoms with Crippen LogP contribution < -0.4 is 10.1 Å². The van der Waals surface area contributed by atoms with Crippen LogP contribution >= 0.6 is 0 Å². The minimum absolute atomic E-state index is 0.140. The fraction of sp³-hybridized carbons (Fsp3) is 0.481. The molecule has 1 saturated carbocycles. The average molecular weight is 452 g/mol. The van der Waals surface area contributed by atoms with Gasteiger partial charge in [0, 0.05) is 5.69 Å². The second kappa shape index (κ2) is 10.7. The van der Waals surface area contributed by atoms with Crippen molar-refractivity contribution < 1.29 is 14.3 Å². The molecule has 0 unspecified atom stereocenters. The lowest BCUT2D eigenvalue weighted by molar-refractivity contribution is 0.0600. The number of aryl methyl sites for hydroxylation is 1. The number of esters is 1. The highest BCUT2D eigenvalue weighted by Gasteiger charge is 2.20. The lowest BCUT2D eigenvalue weighted by atomic mass is 9.78. The largest absolute Gasteiger partial charge is 0.491 e. The number of ether oxygens (including phenoxy) is 2. The van der Waals surface area contributed by atoms with Crippen LogP contribution in [0.3, 0.4) is 0 Å². The van der Waals surface area contributed by atoms with Crippen LogP contribution in [0.1, 0.15) is 75.7 Å². The summed E-state index contributed by atoms with van der Waals surface area (Å²) in [5.74, 6) is 1.06. The molecule has 0 saturated heterocycles. The maximum atomic E-state index is 11.8.